The third kappa shape index (κ3) is 4.95. The molecule has 0 heterocycles. The molecule has 3 rings (SSSR count). The van der Waals surface area contributed by atoms with Crippen LogP contribution in [-0.4, -0.2) is 23.4 Å². The van der Waals surface area contributed by atoms with Gasteiger partial charge in [-0.15, -0.1) is 12.4 Å². The van der Waals surface area contributed by atoms with Gasteiger partial charge in [-0.3, -0.25) is 4.79 Å². The molecule has 5 heteroatoms. The van der Waals surface area contributed by atoms with Crippen molar-refractivity contribution in [3.8, 4) is 0 Å². The summed E-state index contributed by atoms with van der Waals surface area (Å²) in [4.78, 5) is 14.9. The maximum Gasteiger partial charge on any atom is 0.254 e. The highest BCUT2D eigenvalue weighted by Crippen LogP contribution is 2.25. The zero-order valence-electron chi connectivity index (χ0n) is 14.2. The summed E-state index contributed by atoms with van der Waals surface area (Å²) < 4.78 is 13.4. The van der Waals surface area contributed by atoms with E-state index in [0.717, 1.165) is 31.2 Å². The Hall–Kier alpha value is -2.07. The number of hydrogen-bond donors (Lipinski definition) is 1. The number of anilines is 1. The van der Waals surface area contributed by atoms with Crippen LogP contribution in [0.3, 0.4) is 0 Å². The highest BCUT2D eigenvalue weighted by molar-refractivity contribution is 5.95. The summed E-state index contributed by atoms with van der Waals surface area (Å²) in [6.07, 6.45) is 5.05. The first-order valence-corrected chi connectivity index (χ1v) is 8.54. The standard InChI is InChI=1S/C20H23FN2O.ClH/c21-17-7-3-5-15(13-17)11-12-23(19-9-1-2-10-19)20(24)16-6-4-8-18(22)14-16;/h3-8,13-14,19H,1-2,9-12,22H2;1H. The Balaban J connectivity index is 0.00000225. The molecule has 0 unspecified atom stereocenters. The van der Waals surface area contributed by atoms with Gasteiger partial charge in [-0.25, -0.2) is 4.39 Å². The Morgan fingerprint density at radius 1 is 1.12 bits per heavy atom. The molecule has 25 heavy (non-hydrogen) atoms. The van der Waals surface area contributed by atoms with Crippen molar-refractivity contribution in [1.29, 1.82) is 0 Å². The van der Waals surface area contributed by atoms with Crippen LogP contribution in [0.5, 0.6) is 0 Å². The first kappa shape index (κ1) is 19.3. The van der Waals surface area contributed by atoms with E-state index < -0.39 is 0 Å². The number of carbonyl (C=O) groups excluding carboxylic acids is 1. The maximum atomic E-state index is 13.4. The van der Waals surface area contributed by atoms with Gasteiger partial charge in [0.25, 0.3) is 5.91 Å². The second-order valence-electron chi connectivity index (χ2n) is 6.44. The van der Waals surface area contributed by atoms with E-state index in [9.17, 15) is 9.18 Å². The summed E-state index contributed by atoms with van der Waals surface area (Å²) in [6, 6.07) is 14.0. The van der Waals surface area contributed by atoms with Crippen molar-refractivity contribution < 1.29 is 9.18 Å². The van der Waals surface area contributed by atoms with Crippen LogP contribution >= 0.6 is 12.4 Å². The van der Waals surface area contributed by atoms with Crippen LogP contribution in [-0.2, 0) is 6.42 Å². The third-order valence-electron chi connectivity index (χ3n) is 4.69. The average Bonchev–Trinajstić information content (AvgIpc) is 3.09. The number of rotatable bonds is 5. The molecule has 1 fully saturated rings. The van der Waals surface area contributed by atoms with Crippen LogP contribution < -0.4 is 5.73 Å². The lowest BCUT2D eigenvalue weighted by atomic mass is 10.1. The monoisotopic (exact) mass is 362 g/mol. The number of hydrogen-bond acceptors (Lipinski definition) is 2. The number of halogens is 2. The van der Waals surface area contributed by atoms with E-state index in [1.165, 1.54) is 12.1 Å². The van der Waals surface area contributed by atoms with Gasteiger partial charge < -0.3 is 10.6 Å². The highest BCUT2D eigenvalue weighted by Gasteiger charge is 2.27. The van der Waals surface area contributed by atoms with Crippen molar-refractivity contribution >= 4 is 24.0 Å². The number of amides is 1. The summed E-state index contributed by atoms with van der Waals surface area (Å²) in [5, 5.41) is 0. The van der Waals surface area contributed by atoms with E-state index in [4.69, 9.17) is 5.73 Å². The van der Waals surface area contributed by atoms with E-state index in [1.807, 2.05) is 23.1 Å². The van der Waals surface area contributed by atoms with E-state index >= 15 is 0 Å². The van der Waals surface area contributed by atoms with Crippen LogP contribution in [0.15, 0.2) is 48.5 Å². The van der Waals surface area contributed by atoms with Gasteiger partial charge in [-0.1, -0.05) is 31.0 Å². The molecule has 1 aliphatic rings. The molecule has 0 atom stereocenters. The van der Waals surface area contributed by atoms with Gasteiger partial charge in [0, 0.05) is 23.8 Å². The largest absolute Gasteiger partial charge is 0.399 e. The Kier molecular flexibility index (Phi) is 6.82. The molecule has 0 bridgehead atoms. The predicted octanol–water partition coefficient (Wildman–Crippen LogP) is 4.46. The fraction of sp³-hybridized carbons (Fsp3) is 0.350. The SMILES string of the molecule is Cl.Nc1cccc(C(=O)N(CCc2cccc(F)c2)C2CCCC2)c1. The predicted molar refractivity (Wildman–Crippen MR) is 101 cm³/mol. The van der Waals surface area contributed by atoms with Crippen molar-refractivity contribution in [2.45, 2.75) is 38.1 Å². The molecule has 3 nitrogen and oxygen atoms in total. The van der Waals surface area contributed by atoms with Gasteiger partial charge in [-0.05, 0) is 55.2 Å². The van der Waals surface area contributed by atoms with Gasteiger partial charge in [0.1, 0.15) is 5.82 Å². The molecule has 0 radical (unpaired) electrons. The fourth-order valence-electron chi connectivity index (χ4n) is 3.45. The van der Waals surface area contributed by atoms with Gasteiger partial charge in [-0.2, -0.15) is 0 Å². The molecule has 0 aliphatic heterocycles. The molecular weight excluding hydrogens is 339 g/mol. The Bertz CT molecular complexity index is 716. The molecule has 0 saturated heterocycles. The van der Waals surface area contributed by atoms with Crippen LogP contribution in [0, 0.1) is 5.82 Å². The molecule has 134 valence electrons. The van der Waals surface area contributed by atoms with Gasteiger partial charge in [0.05, 0.1) is 0 Å². The molecule has 0 spiro atoms. The zero-order chi connectivity index (χ0) is 16.9. The number of benzene rings is 2. The van der Waals surface area contributed by atoms with Crippen LogP contribution in [0.1, 0.15) is 41.6 Å². The summed E-state index contributed by atoms with van der Waals surface area (Å²) in [5.41, 5.74) is 7.96. The van der Waals surface area contributed by atoms with Gasteiger partial charge >= 0.3 is 0 Å². The summed E-state index contributed by atoms with van der Waals surface area (Å²) in [5.74, 6) is -0.215. The van der Waals surface area contributed by atoms with Crippen molar-refractivity contribution in [3.63, 3.8) is 0 Å². The van der Waals surface area contributed by atoms with E-state index in [2.05, 4.69) is 0 Å². The van der Waals surface area contributed by atoms with Crippen molar-refractivity contribution in [2.24, 2.45) is 0 Å². The topological polar surface area (TPSA) is 46.3 Å². The molecule has 2 aromatic carbocycles. The van der Waals surface area contributed by atoms with Crippen LogP contribution in [0.25, 0.3) is 0 Å². The summed E-state index contributed by atoms with van der Waals surface area (Å²) >= 11 is 0. The number of nitrogens with zero attached hydrogens (tertiary/aromatic N) is 1. The van der Waals surface area contributed by atoms with Crippen molar-refractivity contribution in [2.75, 3.05) is 12.3 Å². The normalized spacial score (nSPS) is 14.1. The van der Waals surface area contributed by atoms with E-state index in [-0.39, 0.29) is 30.2 Å². The fourth-order valence-corrected chi connectivity index (χ4v) is 3.45. The van der Waals surface area contributed by atoms with E-state index in [0.29, 0.717) is 24.2 Å². The first-order chi connectivity index (χ1) is 11.6. The van der Waals surface area contributed by atoms with E-state index in [1.54, 1.807) is 18.2 Å². The second-order valence-corrected chi connectivity index (χ2v) is 6.44. The van der Waals surface area contributed by atoms with Crippen molar-refractivity contribution in [3.05, 3.63) is 65.5 Å². The third-order valence-corrected chi connectivity index (χ3v) is 4.69. The number of nitrogen functional groups attached to an aromatic ring is 1. The molecular formula is C20H24ClFN2O. The van der Waals surface area contributed by atoms with Crippen LogP contribution in [0.2, 0.25) is 0 Å². The number of nitrogens with two attached hydrogens (primary N) is 1. The lowest BCUT2D eigenvalue weighted by Gasteiger charge is -2.29. The zero-order valence-corrected chi connectivity index (χ0v) is 15.0. The maximum absolute atomic E-state index is 13.4. The minimum atomic E-state index is -0.234. The molecule has 1 aliphatic carbocycles. The van der Waals surface area contributed by atoms with Gasteiger partial charge in [0.2, 0.25) is 0 Å². The molecule has 2 N–H and O–H groups in total. The minimum absolute atomic E-state index is 0. The Morgan fingerprint density at radius 2 is 1.84 bits per heavy atom. The van der Waals surface area contributed by atoms with Crippen LogP contribution in [0.4, 0.5) is 10.1 Å². The van der Waals surface area contributed by atoms with Gasteiger partial charge in [0.15, 0.2) is 0 Å². The molecule has 1 amide bonds. The molecule has 0 aromatic heterocycles. The average molecular weight is 363 g/mol. The first-order valence-electron chi connectivity index (χ1n) is 8.54. The minimum Gasteiger partial charge on any atom is -0.399 e. The highest BCUT2D eigenvalue weighted by atomic mass is 35.5. The quantitative estimate of drug-likeness (QED) is 0.798. The second kappa shape index (κ2) is 8.86. The summed E-state index contributed by atoms with van der Waals surface area (Å²) in [7, 11) is 0. The summed E-state index contributed by atoms with van der Waals surface area (Å²) in [6.45, 7) is 0.599. The lowest BCUT2D eigenvalue weighted by Crippen LogP contribution is -2.40. The molecule has 1 saturated carbocycles. The smallest absolute Gasteiger partial charge is 0.254 e. The lowest BCUT2D eigenvalue weighted by molar-refractivity contribution is 0.0684. The Morgan fingerprint density at radius 3 is 2.52 bits per heavy atom. The Labute approximate surface area is 154 Å². The molecule has 2 aromatic rings. The number of carbonyl (C=O) groups is 1. The van der Waals surface area contributed by atoms with Crippen molar-refractivity contribution in [1.82, 2.24) is 4.90 Å².